The van der Waals surface area contributed by atoms with Crippen LogP contribution in [0.5, 0.6) is 5.75 Å². The van der Waals surface area contributed by atoms with E-state index in [1.807, 2.05) is 13.8 Å². The van der Waals surface area contributed by atoms with Crippen LogP contribution in [0.2, 0.25) is 0 Å². The van der Waals surface area contributed by atoms with E-state index in [1.54, 1.807) is 18.2 Å². The molecule has 2 rings (SSSR count). The molecule has 4 heteroatoms. The monoisotopic (exact) mass is 225 g/mol. The van der Waals surface area contributed by atoms with Gasteiger partial charge in [-0.05, 0) is 37.1 Å². The fourth-order valence-corrected chi connectivity index (χ4v) is 1.81. The number of nitrogens with zero attached hydrogens (tertiary/aromatic N) is 3. The van der Waals surface area contributed by atoms with Crippen molar-refractivity contribution in [2.75, 3.05) is 0 Å². The fourth-order valence-electron chi connectivity index (χ4n) is 1.81. The summed E-state index contributed by atoms with van der Waals surface area (Å²) in [5.74, 6) is 0.208. The van der Waals surface area contributed by atoms with Gasteiger partial charge in [-0.25, -0.2) is 9.97 Å². The summed E-state index contributed by atoms with van der Waals surface area (Å²) >= 11 is 0. The Labute approximate surface area is 99.2 Å². The van der Waals surface area contributed by atoms with Gasteiger partial charge in [0.05, 0.1) is 0 Å². The Kier molecular flexibility index (Phi) is 2.75. The van der Waals surface area contributed by atoms with Crippen LogP contribution in [0.25, 0.3) is 11.1 Å². The van der Waals surface area contributed by atoms with Crippen molar-refractivity contribution in [3.05, 3.63) is 41.5 Å². The molecule has 1 heterocycles. The molecule has 0 aliphatic rings. The van der Waals surface area contributed by atoms with Gasteiger partial charge in [-0.1, -0.05) is 6.07 Å². The summed E-state index contributed by atoms with van der Waals surface area (Å²) in [6.45, 7) is 3.72. The highest BCUT2D eigenvalue weighted by Crippen LogP contribution is 2.29. The predicted molar refractivity (Wildman–Crippen MR) is 63.3 cm³/mol. The molecule has 0 unspecified atom stereocenters. The molecular weight excluding hydrogens is 214 g/mol. The molecule has 4 nitrogen and oxygen atoms in total. The van der Waals surface area contributed by atoms with Gasteiger partial charge in [-0.3, -0.25) is 0 Å². The molecule has 17 heavy (non-hydrogen) atoms. The number of hydrogen-bond donors (Lipinski definition) is 1. The highest BCUT2D eigenvalue weighted by Gasteiger charge is 2.12. The van der Waals surface area contributed by atoms with E-state index in [-0.39, 0.29) is 5.75 Å². The number of nitriles is 1. The van der Waals surface area contributed by atoms with E-state index in [1.165, 1.54) is 6.33 Å². The standard InChI is InChI=1S/C13H11N3O/c1-8-5-10(17)3-4-11(8)13-9(2)15-7-16-12(13)6-14/h3-5,7,17H,1-2H3. The van der Waals surface area contributed by atoms with E-state index >= 15 is 0 Å². The normalized spacial score (nSPS) is 9.94. The Bertz CT molecular complexity index is 615. The Hall–Kier alpha value is -2.41. The van der Waals surface area contributed by atoms with Crippen molar-refractivity contribution in [1.82, 2.24) is 9.97 Å². The fraction of sp³-hybridized carbons (Fsp3) is 0.154. The topological polar surface area (TPSA) is 69.8 Å². The molecule has 0 radical (unpaired) electrons. The lowest BCUT2D eigenvalue weighted by Gasteiger charge is -2.09. The summed E-state index contributed by atoms with van der Waals surface area (Å²) in [5, 5.41) is 18.4. The SMILES string of the molecule is Cc1cc(O)ccc1-c1c(C)ncnc1C#N. The molecule has 0 atom stereocenters. The minimum Gasteiger partial charge on any atom is -0.508 e. The molecule has 2 aromatic rings. The maximum absolute atomic E-state index is 9.38. The number of aryl methyl sites for hydroxylation is 2. The molecule has 0 fully saturated rings. The van der Waals surface area contributed by atoms with Crippen LogP contribution in [0.1, 0.15) is 17.0 Å². The first kappa shape index (κ1) is 11.1. The Morgan fingerprint density at radius 2 is 2.00 bits per heavy atom. The van der Waals surface area contributed by atoms with Crippen molar-refractivity contribution in [1.29, 1.82) is 5.26 Å². The largest absolute Gasteiger partial charge is 0.508 e. The molecule has 1 aromatic carbocycles. The van der Waals surface area contributed by atoms with Crippen LogP contribution in [0.15, 0.2) is 24.5 Å². The molecule has 0 saturated carbocycles. The first-order valence-corrected chi connectivity index (χ1v) is 5.15. The second-order valence-electron chi connectivity index (χ2n) is 3.79. The summed E-state index contributed by atoms with van der Waals surface area (Å²) < 4.78 is 0. The second kappa shape index (κ2) is 4.22. The molecular formula is C13H11N3O. The third-order valence-corrected chi connectivity index (χ3v) is 2.62. The summed E-state index contributed by atoms with van der Waals surface area (Å²) in [7, 11) is 0. The maximum Gasteiger partial charge on any atom is 0.151 e. The zero-order valence-corrected chi connectivity index (χ0v) is 9.60. The van der Waals surface area contributed by atoms with Crippen LogP contribution in [-0.4, -0.2) is 15.1 Å². The van der Waals surface area contributed by atoms with Crippen LogP contribution >= 0.6 is 0 Å². The Morgan fingerprint density at radius 3 is 2.65 bits per heavy atom. The lowest BCUT2D eigenvalue weighted by Crippen LogP contribution is -1.97. The number of benzene rings is 1. The molecule has 0 bridgehead atoms. The minimum absolute atomic E-state index is 0.208. The van der Waals surface area contributed by atoms with Gasteiger partial charge in [0.2, 0.25) is 0 Å². The lowest BCUT2D eigenvalue weighted by atomic mass is 9.98. The quantitative estimate of drug-likeness (QED) is 0.808. The van der Waals surface area contributed by atoms with E-state index < -0.39 is 0 Å². The molecule has 0 aliphatic carbocycles. The van der Waals surface area contributed by atoms with E-state index in [0.717, 1.165) is 22.4 Å². The third kappa shape index (κ3) is 1.95. The van der Waals surface area contributed by atoms with Crippen molar-refractivity contribution in [2.45, 2.75) is 13.8 Å². The summed E-state index contributed by atoms with van der Waals surface area (Å²) in [5.41, 5.74) is 3.60. The van der Waals surface area contributed by atoms with Crippen molar-refractivity contribution >= 4 is 0 Å². The molecule has 0 saturated heterocycles. The van der Waals surface area contributed by atoms with E-state index in [4.69, 9.17) is 5.26 Å². The molecule has 0 spiro atoms. The first-order valence-electron chi connectivity index (χ1n) is 5.15. The van der Waals surface area contributed by atoms with Crippen LogP contribution in [0.4, 0.5) is 0 Å². The Morgan fingerprint density at radius 1 is 1.24 bits per heavy atom. The molecule has 0 aliphatic heterocycles. The first-order chi connectivity index (χ1) is 8.13. The van der Waals surface area contributed by atoms with Gasteiger partial charge in [0.25, 0.3) is 0 Å². The summed E-state index contributed by atoms with van der Waals surface area (Å²) in [6, 6.07) is 7.09. The van der Waals surface area contributed by atoms with Gasteiger partial charge in [-0.15, -0.1) is 0 Å². The van der Waals surface area contributed by atoms with Gasteiger partial charge in [-0.2, -0.15) is 5.26 Å². The highest BCUT2D eigenvalue weighted by atomic mass is 16.3. The molecule has 0 amide bonds. The Balaban J connectivity index is 2.73. The average Bonchev–Trinajstić information content (AvgIpc) is 2.30. The second-order valence-corrected chi connectivity index (χ2v) is 3.79. The van der Waals surface area contributed by atoms with Gasteiger partial charge >= 0.3 is 0 Å². The van der Waals surface area contributed by atoms with E-state index in [0.29, 0.717) is 5.69 Å². The summed E-state index contributed by atoms with van der Waals surface area (Å²) in [6.07, 6.45) is 1.38. The summed E-state index contributed by atoms with van der Waals surface area (Å²) in [4.78, 5) is 8.07. The molecule has 1 aromatic heterocycles. The number of phenolic OH excluding ortho intramolecular Hbond substituents is 1. The van der Waals surface area contributed by atoms with Crippen molar-refractivity contribution < 1.29 is 5.11 Å². The maximum atomic E-state index is 9.38. The number of rotatable bonds is 1. The van der Waals surface area contributed by atoms with Crippen molar-refractivity contribution in [2.24, 2.45) is 0 Å². The molecule has 1 N–H and O–H groups in total. The van der Waals surface area contributed by atoms with E-state index in [9.17, 15) is 5.11 Å². The van der Waals surface area contributed by atoms with E-state index in [2.05, 4.69) is 16.0 Å². The van der Waals surface area contributed by atoms with Gasteiger partial charge in [0.1, 0.15) is 18.1 Å². The van der Waals surface area contributed by atoms with Gasteiger partial charge in [0, 0.05) is 11.3 Å². The zero-order valence-electron chi connectivity index (χ0n) is 9.60. The smallest absolute Gasteiger partial charge is 0.151 e. The van der Waals surface area contributed by atoms with Gasteiger partial charge < -0.3 is 5.11 Å². The number of hydrogen-bond acceptors (Lipinski definition) is 4. The minimum atomic E-state index is 0.208. The van der Waals surface area contributed by atoms with Crippen LogP contribution in [-0.2, 0) is 0 Å². The highest BCUT2D eigenvalue weighted by molar-refractivity contribution is 5.74. The van der Waals surface area contributed by atoms with Crippen molar-refractivity contribution in [3.8, 4) is 22.9 Å². The van der Waals surface area contributed by atoms with Gasteiger partial charge in [0.15, 0.2) is 5.69 Å². The third-order valence-electron chi connectivity index (χ3n) is 2.62. The predicted octanol–water partition coefficient (Wildman–Crippen LogP) is 2.34. The van der Waals surface area contributed by atoms with Crippen molar-refractivity contribution in [3.63, 3.8) is 0 Å². The van der Waals surface area contributed by atoms with Crippen LogP contribution in [0, 0.1) is 25.2 Å². The lowest BCUT2D eigenvalue weighted by molar-refractivity contribution is 0.475. The average molecular weight is 225 g/mol. The zero-order chi connectivity index (χ0) is 12.4. The van der Waals surface area contributed by atoms with Crippen LogP contribution < -0.4 is 0 Å². The molecule has 84 valence electrons. The van der Waals surface area contributed by atoms with Crippen LogP contribution in [0.3, 0.4) is 0 Å². The number of aromatic nitrogens is 2. The number of aromatic hydroxyl groups is 1. The number of phenols is 1.